The van der Waals surface area contributed by atoms with E-state index < -0.39 is 0 Å². The number of carbonyl (C=O) groups is 1. The Kier molecular flexibility index (Phi) is 3.23. The fourth-order valence-electron chi connectivity index (χ4n) is 2.87. The van der Waals surface area contributed by atoms with Crippen LogP contribution in [0.2, 0.25) is 5.02 Å². The lowest BCUT2D eigenvalue weighted by Gasteiger charge is -2.02. The minimum Gasteiger partial charge on any atom is -0.289 e. The zero-order valence-electron chi connectivity index (χ0n) is 10.8. The summed E-state index contributed by atoms with van der Waals surface area (Å²) in [5.74, 6) is -0.733. The molecule has 2 N–H and O–H groups in total. The molecule has 0 saturated heterocycles. The Labute approximate surface area is 121 Å². The van der Waals surface area contributed by atoms with Gasteiger partial charge in [-0.15, -0.1) is 0 Å². The zero-order valence-corrected chi connectivity index (χ0v) is 11.6. The van der Waals surface area contributed by atoms with Crippen molar-refractivity contribution in [2.24, 2.45) is 13.0 Å². The van der Waals surface area contributed by atoms with Gasteiger partial charge in [-0.1, -0.05) is 29.8 Å². The first kappa shape index (κ1) is 13.1. The Bertz CT molecular complexity index is 655. The number of rotatable bonds is 3. The predicted octanol–water partition coefficient (Wildman–Crippen LogP) is 2.08. The van der Waals surface area contributed by atoms with Crippen molar-refractivity contribution in [2.45, 2.75) is 11.8 Å². The second kappa shape index (κ2) is 4.92. The van der Waals surface area contributed by atoms with Crippen LogP contribution < -0.4 is 5.48 Å². The normalized spacial score (nSPS) is 24.4. The summed E-state index contributed by atoms with van der Waals surface area (Å²) >= 11 is 6.22. The highest BCUT2D eigenvalue weighted by molar-refractivity contribution is 6.31. The van der Waals surface area contributed by atoms with Gasteiger partial charge in [-0.25, -0.2) is 5.48 Å². The lowest BCUT2D eigenvalue weighted by atomic mass is 10.1. The van der Waals surface area contributed by atoms with Crippen LogP contribution in [0.5, 0.6) is 0 Å². The molecule has 1 aromatic heterocycles. The van der Waals surface area contributed by atoms with Crippen molar-refractivity contribution >= 4 is 17.5 Å². The van der Waals surface area contributed by atoms with Crippen LogP contribution >= 0.6 is 11.6 Å². The number of halogens is 1. The van der Waals surface area contributed by atoms with E-state index in [4.69, 9.17) is 16.8 Å². The molecule has 3 rings (SSSR count). The van der Waals surface area contributed by atoms with Crippen molar-refractivity contribution in [1.82, 2.24) is 15.3 Å². The van der Waals surface area contributed by atoms with Gasteiger partial charge in [0.2, 0.25) is 5.91 Å². The first-order chi connectivity index (χ1) is 9.63. The molecule has 104 valence electrons. The molecular formula is C14H14ClN3O2. The summed E-state index contributed by atoms with van der Waals surface area (Å²) in [6, 6.07) is 7.48. The first-order valence-electron chi connectivity index (χ1n) is 6.30. The van der Waals surface area contributed by atoms with Crippen LogP contribution in [0.25, 0.3) is 0 Å². The summed E-state index contributed by atoms with van der Waals surface area (Å²) in [7, 11) is 1.83. The molecule has 1 aromatic carbocycles. The summed E-state index contributed by atoms with van der Waals surface area (Å²) in [4.78, 5) is 11.8. The molecule has 1 saturated carbocycles. The minimum atomic E-state index is -0.385. The molecule has 0 spiro atoms. The van der Waals surface area contributed by atoms with Gasteiger partial charge in [-0.2, -0.15) is 5.10 Å². The Hall–Kier alpha value is -1.85. The lowest BCUT2D eigenvalue weighted by molar-refractivity contribution is -0.130. The fraction of sp³-hybridized carbons (Fsp3) is 0.286. The number of hydroxylamine groups is 1. The van der Waals surface area contributed by atoms with Crippen molar-refractivity contribution in [1.29, 1.82) is 0 Å². The van der Waals surface area contributed by atoms with Crippen molar-refractivity contribution in [2.75, 3.05) is 0 Å². The van der Waals surface area contributed by atoms with Gasteiger partial charge in [0.05, 0.1) is 12.1 Å². The van der Waals surface area contributed by atoms with Crippen LogP contribution in [0, 0.1) is 5.92 Å². The van der Waals surface area contributed by atoms with Crippen LogP contribution in [0.1, 0.15) is 23.0 Å². The van der Waals surface area contributed by atoms with Crippen molar-refractivity contribution < 1.29 is 10.0 Å². The van der Waals surface area contributed by atoms with Crippen LogP contribution in [-0.4, -0.2) is 20.9 Å². The number of nitrogens with one attached hydrogen (secondary N) is 1. The molecule has 1 fully saturated rings. The van der Waals surface area contributed by atoms with E-state index in [1.165, 1.54) is 0 Å². The predicted molar refractivity (Wildman–Crippen MR) is 73.6 cm³/mol. The van der Waals surface area contributed by atoms with Gasteiger partial charge < -0.3 is 0 Å². The number of carbonyl (C=O) groups excluding carboxylic acids is 1. The monoisotopic (exact) mass is 291 g/mol. The van der Waals surface area contributed by atoms with Gasteiger partial charge >= 0.3 is 0 Å². The summed E-state index contributed by atoms with van der Waals surface area (Å²) in [5.41, 5.74) is 3.65. The van der Waals surface area contributed by atoms with Crippen LogP contribution in [0.4, 0.5) is 0 Å². The summed E-state index contributed by atoms with van der Waals surface area (Å²) < 4.78 is 1.70. The minimum absolute atomic E-state index is 0.00394. The van der Waals surface area contributed by atoms with Crippen LogP contribution in [-0.2, 0) is 11.8 Å². The van der Waals surface area contributed by atoms with Crippen LogP contribution in [0.3, 0.4) is 0 Å². The van der Waals surface area contributed by atoms with E-state index in [1.807, 2.05) is 37.5 Å². The summed E-state index contributed by atoms with van der Waals surface area (Å²) in [5, 5.41) is 13.7. The summed E-state index contributed by atoms with van der Waals surface area (Å²) in [6.07, 6.45) is 3.64. The molecule has 2 aromatic rings. The third-order valence-electron chi connectivity index (χ3n) is 3.81. The van der Waals surface area contributed by atoms with Gasteiger partial charge in [-0.3, -0.25) is 14.7 Å². The van der Waals surface area contributed by atoms with E-state index in [2.05, 4.69) is 5.10 Å². The zero-order chi connectivity index (χ0) is 14.3. The van der Waals surface area contributed by atoms with E-state index in [0.29, 0.717) is 5.02 Å². The lowest BCUT2D eigenvalue weighted by Crippen LogP contribution is -2.21. The van der Waals surface area contributed by atoms with Gasteiger partial charge in [0.25, 0.3) is 0 Å². The molecule has 1 amide bonds. The Morgan fingerprint density at radius 1 is 1.40 bits per heavy atom. The van der Waals surface area contributed by atoms with Gasteiger partial charge in [0.1, 0.15) is 0 Å². The molecule has 1 aliphatic carbocycles. The molecule has 0 radical (unpaired) electrons. The molecule has 6 heteroatoms. The summed E-state index contributed by atoms with van der Waals surface area (Å²) in [6.45, 7) is 0. The molecule has 0 bridgehead atoms. The van der Waals surface area contributed by atoms with E-state index in [9.17, 15) is 4.79 Å². The van der Waals surface area contributed by atoms with E-state index in [0.717, 1.165) is 11.1 Å². The average molecular weight is 292 g/mol. The van der Waals surface area contributed by atoms with E-state index in [-0.39, 0.29) is 23.7 Å². The second-order valence-electron chi connectivity index (χ2n) is 5.02. The molecule has 5 nitrogen and oxygen atoms in total. The second-order valence-corrected chi connectivity index (χ2v) is 5.43. The average Bonchev–Trinajstić information content (AvgIpc) is 3.04. The molecule has 3 atom stereocenters. The van der Waals surface area contributed by atoms with Crippen molar-refractivity contribution in [3.63, 3.8) is 0 Å². The number of aromatic nitrogens is 2. The smallest absolute Gasteiger partial charge is 0.247 e. The van der Waals surface area contributed by atoms with Crippen molar-refractivity contribution in [3.8, 4) is 0 Å². The number of nitrogens with zero attached hydrogens (tertiary/aromatic N) is 2. The highest BCUT2D eigenvalue weighted by Gasteiger charge is 2.57. The maximum Gasteiger partial charge on any atom is 0.247 e. The fourth-order valence-corrected chi connectivity index (χ4v) is 3.13. The molecule has 0 unspecified atom stereocenters. The molecule has 0 aliphatic heterocycles. The Morgan fingerprint density at radius 2 is 2.15 bits per heavy atom. The molecular weight excluding hydrogens is 278 g/mol. The molecule has 1 aliphatic rings. The number of hydrogen-bond donors (Lipinski definition) is 2. The van der Waals surface area contributed by atoms with Crippen LogP contribution in [0.15, 0.2) is 36.7 Å². The van der Waals surface area contributed by atoms with Crippen molar-refractivity contribution in [3.05, 3.63) is 52.8 Å². The van der Waals surface area contributed by atoms with Gasteiger partial charge in [0, 0.05) is 30.1 Å². The Morgan fingerprint density at radius 3 is 2.75 bits per heavy atom. The number of benzene rings is 1. The molecule has 1 heterocycles. The first-order valence-corrected chi connectivity index (χ1v) is 6.68. The van der Waals surface area contributed by atoms with E-state index in [1.54, 1.807) is 16.4 Å². The Balaban J connectivity index is 1.97. The van der Waals surface area contributed by atoms with Gasteiger partial charge in [0.15, 0.2) is 0 Å². The quantitative estimate of drug-likeness (QED) is 0.672. The van der Waals surface area contributed by atoms with Gasteiger partial charge in [-0.05, 0) is 17.2 Å². The highest BCUT2D eigenvalue weighted by atomic mass is 35.5. The third kappa shape index (κ3) is 2.09. The highest BCUT2D eigenvalue weighted by Crippen LogP contribution is 2.61. The number of aryl methyl sites for hydroxylation is 1. The maximum absolute atomic E-state index is 11.8. The topological polar surface area (TPSA) is 67.2 Å². The maximum atomic E-state index is 11.8. The standard InChI is InChI=1S/C14H14ClN3O2/c1-18-7-8(6-16-18)11-12(13(11)14(19)17-20)9-4-2-3-5-10(9)15/h2-7,11-13,20H,1H3,(H,17,19)/t11-,12-,13+/m1/s1. The SMILES string of the molecule is Cn1cc([C@H]2[C@H](C(=O)NO)[C@@H]2c2ccccc2Cl)cn1. The number of amides is 1. The largest absolute Gasteiger partial charge is 0.289 e. The van der Waals surface area contributed by atoms with E-state index >= 15 is 0 Å². The third-order valence-corrected chi connectivity index (χ3v) is 4.15. The molecule has 20 heavy (non-hydrogen) atoms. The number of hydrogen-bond acceptors (Lipinski definition) is 3.